The van der Waals surface area contributed by atoms with Crippen LogP contribution in [0.5, 0.6) is 0 Å². The van der Waals surface area contributed by atoms with Gasteiger partial charge in [-0.15, -0.1) is 0 Å². The van der Waals surface area contributed by atoms with Gasteiger partial charge >= 0.3 is 0 Å². The molecule has 0 amide bonds. The Kier molecular flexibility index (Phi) is 3.58. The van der Waals surface area contributed by atoms with Crippen molar-refractivity contribution in [3.05, 3.63) is 36.2 Å². The van der Waals surface area contributed by atoms with Crippen LogP contribution in [0, 0.1) is 0 Å². The third kappa shape index (κ3) is 2.62. The molecule has 2 aromatic rings. The Morgan fingerprint density at radius 1 is 1.38 bits per heavy atom. The monoisotopic (exact) mass is 234 g/mol. The number of aromatic nitrogens is 3. The van der Waals surface area contributed by atoms with E-state index in [1.54, 1.807) is 11.8 Å². The van der Waals surface area contributed by atoms with E-state index in [1.165, 1.54) is 11.9 Å². The summed E-state index contributed by atoms with van der Waals surface area (Å²) in [7, 11) is 0. The van der Waals surface area contributed by atoms with Gasteiger partial charge in [0.05, 0.1) is 0 Å². The molecule has 0 saturated heterocycles. The van der Waals surface area contributed by atoms with E-state index >= 15 is 0 Å². The van der Waals surface area contributed by atoms with Gasteiger partial charge < -0.3 is 5.73 Å². The molecule has 1 aromatic heterocycles. The van der Waals surface area contributed by atoms with Gasteiger partial charge in [0.15, 0.2) is 5.16 Å². The van der Waals surface area contributed by atoms with Crippen molar-refractivity contribution in [1.29, 1.82) is 0 Å². The first-order chi connectivity index (χ1) is 7.79. The number of rotatable bonds is 4. The van der Waals surface area contributed by atoms with Crippen molar-refractivity contribution < 1.29 is 0 Å². The summed E-state index contributed by atoms with van der Waals surface area (Å²) in [5.74, 6) is 0. The molecule has 2 rings (SSSR count). The number of hydrogen-bond acceptors (Lipinski definition) is 4. The molecule has 0 aliphatic heterocycles. The van der Waals surface area contributed by atoms with Gasteiger partial charge in [-0.05, 0) is 24.1 Å². The van der Waals surface area contributed by atoms with Crippen LogP contribution in [-0.4, -0.2) is 15.2 Å². The van der Waals surface area contributed by atoms with Gasteiger partial charge in [0.25, 0.3) is 0 Å². The molecular formula is C11H14N4S. The van der Waals surface area contributed by atoms with Crippen LogP contribution in [0.25, 0.3) is 0 Å². The molecule has 0 radical (unpaired) electrons. The summed E-state index contributed by atoms with van der Waals surface area (Å²) in [4.78, 5) is 5.19. The first-order valence-electron chi connectivity index (χ1n) is 5.18. The van der Waals surface area contributed by atoms with Crippen LogP contribution in [0.15, 0.2) is 40.6 Å². The van der Waals surface area contributed by atoms with E-state index in [9.17, 15) is 0 Å². The molecule has 0 aliphatic rings. The highest BCUT2D eigenvalue weighted by Crippen LogP contribution is 2.25. The van der Waals surface area contributed by atoms with Crippen molar-refractivity contribution in [3.63, 3.8) is 0 Å². The van der Waals surface area contributed by atoms with Crippen LogP contribution < -0.4 is 5.73 Å². The Hall–Kier alpha value is -1.33. The average Bonchev–Trinajstić information content (AvgIpc) is 2.82. The molecule has 0 fully saturated rings. The summed E-state index contributed by atoms with van der Waals surface area (Å²) in [6.07, 6.45) is 2.46. The Morgan fingerprint density at radius 3 is 2.69 bits per heavy atom. The summed E-state index contributed by atoms with van der Waals surface area (Å²) in [5.41, 5.74) is 7.12. The maximum Gasteiger partial charge on any atom is 0.188 e. The summed E-state index contributed by atoms with van der Waals surface area (Å²) < 4.78 is 0. The minimum atomic E-state index is 0.129. The van der Waals surface area contributed by atoms with E-state index in [4.69, 9.17) is 5.73 Å². The summed E-state index contributed by atoms with van der Waals surface area (Å²) >= 11 is 1.55. The third-order valence-corrected chi connectivity index (χ3v) is 3.25. The summed E-state index contributed by atoms with van der Waals surface area (Å²) in [5, 5.41) is 7.41. The normalized spacial score (nSPS) is 12.6. The molecule has 4 nitrogen and oxygen atoms in total. The molecule has 0 unspecified atom stereocenters. The molecule has 1 heterocycles. The van der Waals surface area contributed by atoms with E-state index in [-0.39, 0.29) is 6.04 Å². The minimum absolute atomic E-state index is 0.129. The van der Waals surface area contributed by atoms with Gasteiger partial charge in [-0.25, -0.2) is 4.98 Å². The Morgan fingerprint density at radius 2 is 2.12 bits per heavy atom. The van der Waals surface area contributed by atoms with Crippen LogP contribution in [0.2, 0.25) is 0 Å². The lowest BCUT2D eigenvalue weighted by Gasteiger charge is -2.09. The number of benzene rings is 1. The van der Waals surface area contributed by atoms with E-state index in [0.29, 0.717) is 0 Å². The molecule has 3 N–H and O–H groups in total. The van der Waals surface area contributed by atoms with Crippen molar-refractivity contribution in [3.8, 4) is 0 Å². The van der Waals surface area contributed by atoms with Gasteiger partial charge in [-0.3, -0.25) is 5.10 Å². The van der Waals surface area contributed by atoms with Crippen molar-refractivity contribution in [2.45, 2.75) is 29.4 Å². The van der Waals surface area contributed by atoms with E-state index in [2.05, 4.69) is 46.4 Å². The zero-order valence-electron chi connectivity index (χ0n) is 9.05. The van der Waals surface area contributed by atoms with Crippen LogP contribution in [0.3, 0.4) is 0 Å². The molecule has 0 bridgehead atoms. The second-order valence-electron chi connectivity index (χ2n) is 3.48. The van der Waals surface area contributed by atoms with Gasteiger partial charge in [0.2, 0.25) is 0 Å². The molecule has 0 spiro atoms. The molecule has 0 saturated carbocycles. The number of aromatic amines is 1. The van der Waals surface area contributed by atoms with Crippen LogP contribution in [0.4, 0.5) is 0 Å². The highest BCUT2D eigenvalue weighted by molar-refractivity contribution is 7.99. The fourth-order valence-corrected chi connectivity index (χ4v) is 2.07. The first kappa shape index (κ1) is 11.2. The maximum atomic E-state index is 5.95. The minimum Gasteiger partial charge on any atom is -0.324 e. The predicted molar refractivity (Wildman–Crippen MR) is 64.2 cm³/mol. The number of H-pyrrole nitrogens is 1. The molecule has 16 heavy (non-hydrogen) atoms. The molecule has 84 valence electrons. The maximum absolute atomic E-state index is 5.95. The Bertz CT molecular complexity index is 424. The highest BCUT2D eigenvalue weighted by atomic mass is 32.2. The fraction of sp³-hybridized carbons (Fsp3) is 0.273. The standard InChI is InChI=1S/C11H14N4S/c1-2-10(12)8-3-5-9(6-4-8)16-11-13-7-14-15-11/h3-7,10H,2,12H2,1H3,(H,13,14,15)/t10-/m1/s1. The molecule has 5 heteroatoms. The van der Waals surface area contributed by atoms with Gasteiger partial charge in [0, 0.05) is 10.9 Å². The van der Waals surface area contributed by atoms with E-state index in [1.807, 2.05) is 0 Å². The number of nitrogens with one attached hydrogen (secondary N) is 1. The lowest BCUT2D eigenvalue weighted by atomic mass is 10.1. The predicted octanol–water partition coefficient (Wildman–Crippen LogP) is 2.37. The van der Waals surface area contributed by atoms with Crippen LogP contribution >= 0.6 is 11.8 Å². The van der Waals surface area contributed by atoms with Crippen molar-refractivity contribution in [2.75, 3.05) is 0 Å². The van der Waals surface area contributed by atoms with Crippen molar-refractivity contribution >= 4 is 11.8 Å². The molecular weight excluding hydrogens is 220 g/mol. The Balaban J connectivity index is 2.07. The number of nitrogens with two attached hydrogens (primary N) is 1. The summed E-state index contributed by atoms with van der Waals surface area (Å²) in [6, 6.07) is 8.36. The van der Waals surface area contributed by atoms with E-state index < -0.39 is 0 Å². The lowest BCUT2D eigenvalue weighted by molar-refractivity contribution is 0.698. The highest BCUT2D eigenvalue weighted by Gasteiger charge is 2.04. The molecule has 0 aliphatic carbocycles. The van der Waals surface area contributed by atoms with Gasteiger partial charge in [0.1, 0.15) is 6.33 Å². The quantitative estimate of drug-likeness (QED) is 0.852. The topological polar surface area (TPSA) is 67.6 Å². The number of nitrogens with zero attached hydrogens (tertiary/aromatic N) is 2. The SMILES string of the molecule is CC[C@@H](N)c1ccc(Sc2ncn[nH]2)cc1. The van der Waals surface area contributed by atoms with Crippen LogP contribution in [0.1, 0.15) is 24.9 Å². The van der Waals surface area contributed by atoms with E-state index in [0.717, 1.165) is 16.5 Å². The number of hydrogen-bond donors (Lipinski definition) is 2. The second-order valence-corrected chi connectivity index (χ2v) is 4.54. The average molecular weight is 234 g/mol. The zero-order valence-corrected chi connectivity index (χ0v) is 9.87. The van der Waals surface area contributed by atoms with Gasteiger partial charge in [-0.2, -0.15) is 5.10 Å². The lowest BCUT2D eigenvalue weighted by Crippen LogP contribution is -2.07. The van der Waals surface area contributed by atoms with Gasteiger partial charge in [-0.1, -0.05) is 30.8 Å². The second kappa shape index (κ2) is 5.14. The largest absolute Gasteiger partial charge is 0.324 e. The van der Waals surface area contributed by atoms with Crippen LogP contribution in [-0.2, 0) is 0 Å². The van der Waals surface area contributed by atoms with Crippen molar-refractivity contribution in [1.82, 2.24) is 15.2 Å². The Labute approximate surface area is 98.7 Å². The first-order valence-corrected chi connectivity index (χ1v) is 6.00. The fourth-order valence-electron chi connectivity index (χ4n) is 1.37. The zero-order chi connectivity index (χ0) is 11.4. The third-order valence-electron chi connectivity index (χ3n) is 2.36. The smallest absolute Gasteiger partial charge is 0.188 e. The molecule has 1 aromatic carbocycles. The van der Waals surface area contributed by atoms with Crippen molar-refractivity contribution in [2.24, 2.45) is 5.73 Å². The summed E-state index contributed by atoms with van der Waals surface area (Å²) in [6.45, 7) is 2.09. The molecule has 1 atom stereocenters.